The van der Waals surface area contributed by atoms with Gasteiger partial charge in [-0.2, -0.15) is 0 Å². The highest BCUT2D eigenvalue weighted by Gasteiger charge is 2.39. The first-order valence-electron chi connectivity index (χ1n) is 6.87. The molecule has 0 unspecified atom stereocenters. The molecule has 1 aliphatic heterocycles. The van der Waals surface area contributed by atoms with Crippen LogP contribution in [0.15, 0.2) is 24.4 Å². The van der Waals surface area contributed by atoms with E-state index in [4.69, 9.17) is 4.74 Å². The van der Waals surface area contributed by atoms with Crippen molar-refractivity contribution >= 4 is 12.1 Å². The van der Waals surface area contributed by atoms with Crippen molar-refractivity contribution in [1.29, 1.82) is 0 Å². The summed E-state index contributed by atoms with van der Waals surface area (Å²) in [6.45, 7) is 5.66. The smallest absolute Gasteiger partial charge is 0.410 e. The van der Waals surface area contributed by atoms with Crippen molar-refractivity contribution < 1.29 is 19.4 Å². The molecule has 1 fully saturated rings. The number of likely N-dealkylation sites (tertiary alicyclic amines) is 1. The summed E-state index contributed by atoms with van der Waals surface area (Å²) in [6.07, 6.45) is 1.10. The van der Waals surface area contributed by atoms with Gasteiger partial charge in [0.15, 0.2) is 0 Å². The van der Waals surface area contributed by atoms with E-state index < -0.39 is 23.6 Å². The second kappa shape index (κ2) is 5.71. The molecule has 0 spiro atoms. The molecule has 0 saturated carbocycles. The summed E-state index contributed by atoms with van der Waals surface area (Å²) in [4.78, 5) is 29.0. The third kappa shape index (κ3) is 3.71. The van der Waals surface area contributed by atoms with Gasteiger partial charge in [0.05, 0.1) is 0 Å². The second-order valence-corrected chi connectivity index (χ2v) is 6.17. The van der Waals surface area contributed by atoms with E-state index in [1.807, 2.05) is 0 Å². The predicted molar refractivity (Wildman–Crippen MR) is 73.3 cm³/mol. The van der Waals surface area contributed by atoms with Gasteiger partial charge in [0.2, 0.25) is 0 Å². The highest BCUT2D eigenvalue weighted by Crippen LogP contribution is 2.32. The number of carboxylic acids is 1. The van der Waals surface area contributed by atoms with Gasteiger partial charge in [0.1, 0.15) is 5.60 Å². The molecule has 0 N–H and O–H groups in total. The lowest BCUT2D eigenvalue weighted by atomic mass is 9.93. The molecule has 0 aromatic carbocycles. The summed E-state index contributed by atoms with van der Waals surface area (Å²) in [5, 5.41) is 11.3. The van der Waals surface area contributed by atoms with Gasteiger partial charge in [-0.05, 0) is 32.9 Å². The van der Waals surface area contributed by atoms with Crippen LogP contribution in [0.4, 0.5) is 4.79 Å². The number of aromatic nitrogens is 1. The lowest BCUT2D eigenvalue weighted by Crippen LogP contribution is -2.38. The summed E-state index contributed by atoms with van der Waals surface area (Å²) >= 11 is 0. The van der Waals surface area contributed by atoms with Crippen LogP contribution >= 0.6 is 0 Å². The van der Waals surface area contributed by atoms with E-state index in [0.29, 0.717) is 5.69 Å². The molecule has 6 nitrogen and oxygen atoms in total. The molecular formula is C15H19N2O4-. The van der Waals surface area contributed by atoms with Crippen LogP contribution in [0.25, 0.3) is 0 Å². The SMILES string of the molecule is CC(C)(C)OC(=O)N1C[C@@H](C(=O)[O-])[C@H](c2ccccn2)C1. The van der Waals surface area contributed by atoms with E-state index in [0.717, 1.165) is 0 Å². The van der Waals surface area contributed by atoms with E-state index in [1.165, 1.54) is 4.90 Å². The summed E-state index contributed by atoms with van der Waals surface area (Å²) in [7, 11) is 0. The molecule has 6 heteroatoms. The molecule has 1 aromatic heterocycles. The van der Waals surface area contributed by atoms with Crippen LogP contribution in [-0.2, 0) is 9.53 Å². The van der Waals surface area contributed by atoms with Crippen molar-refractivity contribution in [3.8, 4) is 0 Å². The van der Waals surface area contributed by atoms with Crippen molar-refractivity contribution in [3.05, 3.63) is 30.1 Å². The van der Waals surface area contributed by atoms with E-state index in [-0.39, 0.29) is 19.0 Å². The minimum absolute atomic E-state index is 0.0818. The number of pyridine rings is 1. The lowest BCUT2D eigenvalue weighted by Gasteiger charge is -2.24. The maximum atomic E-state index is 12.1. The van der Waals surface area contributed by atoms with Gasteiger partial charge in [-0.3, -0.25) is 4.98 Å². The standard InChI is InChI=1S/C15H20N2O4/c1-15(2,3)21-14(20)17-8-10(11(9-17)13(18)19)12-6-4-5-7-16-12/h4-7,10-11H,8-9H2,1-3H3,(H,18,19)/p-1/t10-,11-/m1/s1. The molecule has 1 aromatic rings. The van der Waals surface area contributed by atoms with Crippen molar-refractivity contribution in [3.63, 3.8) is 0 Å². The van der Waals surface area contributed by atoms with Gasteiger partial charge >= 0.3 is 6.09 Å². The number of amides is 1. The lowest BCUT2D eigenvalue weighted by molar-refractivity contribution is -0.311. The molecule has 0 aliphatic carbocycles. The molecule has 21 heavy (non-hydrogen) atoms. The number of hydrogen-bond donors (Lipinski definition) is 0. The molecule has 2 heterocycles. The number of carbonyl (C=O) groups is 2. The molecule has 2 rings (SSSR count). The van der Waals surface area contributed by atoms with E-state index >= 15 is 0 Å². The van der Waals surface area contributed by atoms with Crippen molar-refractivity contribution in [2.75, 3.05) is 13.1 Å². The summed E-state index contributed by atoms with van der Waals surface area (Å²) < 4.78 is 5.29. The van der Waals surface area contributed by atoms with Crippen LogP contribution in [0.2, 0.25) is 0 Å². The third-order valence-electron chi connectivity index (χ3n) is 3.34. The topological polar surface area (TPSA) is 82.6 Å². The zero-order valence-corrected chi connectivity index (χ0v) is 12.4. The van der Waals surface area contributed by atoms with Gasteiger partial charge in [0, 0.05) is 42.8 Å². The zero-order chi connectivity index (χ0) is 15.6. The minimum atomic E-state index is -1.17. The molecule has 114 valence electrons. The normalized spacial score (nSPS) is 22.1. The van der Waals surface area contributed by atoms with E-state index in [9.17, 15) is 14.7 Å². The van der Waals surface area contributed by atoms with Gasteiger partial charge in [-0.25, -0.2) is 4.79 Å². The minimum Gasteiger partial charge on any atom is -0.550 e. The molecule has 1 amide bonds. The molecule has 0 bridgehead atoms. The van der Waals surface area contributed by atoms with Crippen LogP contribution < -0.4 is 5.11 Å². The number of rotatable bonds is 2. The van der Waals surface area contributed by atoms with Crippen LogP contribution in [0.1, 0.15) is 32.4 Å². The number of hydrogen-bond acceptors (Lipinski definition) is 5. The maximum absolute atomic E-state index is 12.1. The first-order valence-corrected chi connectivity index (χ1v) is 6.87. The Bertz CT molecular complexity index is 524. The Morgan fingerprint density at radius 2 is 2.05 bits per heavy atom. The number of nitrogens with zero attached hydrogens (tertiary/aromatic N) is 2. The Balaban J connectivity index is 2.16. The number of aliphatic carboxylic acids is 1. The van der Waals surface area contributed by atoms with Crippen molar-refractivity contribution in [2.24, 2.45) is 5.92 Å². The number of ether oxygens (including phenoxy) is 1. The van der Waals surface area contributed by atoms with Gasteiger partial charge in [0.25, 0.3) is 0 Å². The maximum Gasteiger partial charge on any atom is 0.410 e. The highest BCUT2D eigenvalue weighted by atomic mass is 16.6. The Morgan fingerprint density at radius 1 is 1.33 bits per heavy atom. The average molecular weight is 291 g/mol. The van der Waals surface area contributed by atoms with Gasteiger partial charge in [-0.15, -0.1) is 0 Å². The first-order chi connectivity index (χ1) is 9.78. The Hall–Kier alpha value is -2.11. The number of carboxylic acid groups (broad SMARTS) is 1. The Morgan fingerprint density at radius 3 is 2.57 bits per heavy atom. The zero-order valence-electron chi connectivity index (χ0n) is 12.4. The van der Waals surface area contributed by atoms with Crippen LogP contribution in [-0.4, -0.2) is 40.6 Å². The molecule has 1 aliphatic rings. The molecular weight excluding hydrogens is 272 g/mol. The average Bonchev–Trinajstić information content (AvgIpc) is 2.83. The molecule has 1 saturated heterocycles. The quantitative estimate of drug-likeness (QED) is 0.804. The monoisotopic (exact) mass is 291 g/mol. The number of carbonyl (C=O) groups excluding carboxylic acids is 2. The fourth-order valence-electron chi connectivity index (χ4n) is 2.41. The van der Waals surface area contributed by atoms with Crippen LogP contribution in [0.5, 0.6) is 0 Å². The van der Waals surface area contributed by atoms with Crippen molar-refractivity contribution in [2.45, 2.75) is 32.3 Å². The second-order valence-electron chi connectivity index (χ2n) is 6.17. The van der Waals surface area contributed by atoms with E-state index in [1.54, 1.807) is 45.2 Å². The van der Waals surface area contributed by atoms with Crippen LogP contribution in [0, 0.1) is 5.92 Å². The molecule has 2 atom stereocenters. The highest BCUT2D eigenvalue weighted by molar-refractivity contribution is 5.74. The van der Waals surface area contributed by atoms with E-state index in [2.05, 4.69) is 4.98 Å². The Kier molecular flexibility index (Phi) is 4.16. The summed E-state index contributed by atoms with van der Waals surface area (Å²) in [5.74, 6) is -2.31. The fourth-order valence-corrected chi connectivity index (χ4v) is 2.41. The van der Waals surface area contributed by atoms with Crippen molar-refractivity contribution in [1.82, 2.24) is 9.88 Å². The summed E-state index contributed by atoms with van der Waals surface area (Å²) in [5.41, 5.74) is 0.0368. The molecule has 0 radical (unpaired) electrons. The third-order valence-corrected chi connectivity index (χ3v) is 3.34. The predicted octanol–water partition coefficient (Wildman–Crippen LogP) is 0.782. The fraction of sp³-hybridized carbons (Fsp3) is 0.533. The van der Waals surface area contributed by atoms with Gasteiger partial charge < -0.3 is 19.5 Å². The van der Waals surface area contributed by atoms with Crippen LogP contribution in [0.3, 0.4) is 0 Å². The van der Waals surface area contributed by atoms with Gasteiger partial charge in [-0.1, -0.05) is 6.07 Å². The first kappa shape index (κ1) is 15.3. The largest absolute Gasteiger partial charge is 0.550 e. The summed E-state index contributed by atoms with van der Waals surface area (Å²) in [6, 6.07) is 5.32. The Labute approximate surface area is 123 Å².